The number of nitrogens with one attached hydrogen (secondary N) is 1. The Labute approximate surface area is 101 Å². The molecule has 1 rings (SSSR count). The Morgan fingerprint density at radius 3 is 2.56 bits per heavy atom. The molecule has 1 atom stereocenters. The second-order valence-electron chi connectivity index (χ2n) is 5.35. The fraction of sp³-hybridized carbons (Fsp3) is 1.00. The van der Waals surface area contributed by atoms with Crippen molar-refractivity contribution in [2.24, 2.45) is 5.92 Å². The van der Waals surface area contributed by atoms with Gasteiger partial charge in [0.05, 0.1) is 6.10 Å². The van der Waals surface area contributed by atoms with Crippen LogP contribution in [0.5, 0.6) is 0 Å². The van der Waals surface area contributed by atoms with E-state index in [2.05, 4.69) is 26.1 Å². The van der Waals surface area contributed by atoms with E-state index in [0.717, 1.165) is 19.1 Å². The predicted molar refractivity (Wildman–Crippen MR) is 69.7 cm³/mol. The first-order chi connectivity index (χ1) is 7.72. The molecule has 0 aliphatic heterocycles. The molecule has 2 nitrogen and oxygen atoms in total. The highest BCUT2D eigenvalue weighted by Gasteiger charge is 2.18. The molecular weight excluding hydrogens is 198 g/mol. The maximum absolute atomic E-state index is 5.93. The van der Waals surface area contributed by atoms with Crippen molar-refractivity contribution < 1.29 is 4.74 Å². The van der Waals surface area contributed by atoms with Crippen LogP contribution in [-0.4, -0.2) is 25.3 Å². The normalized spacial score (nSPS) is 27.9. The molecule has 0 heterocycles. The van der Waals surface area contributed by atoms with Crippen molar-refractivity contribution >= 4 is 0 Å². The molecule has 1 N–H and O–H groups in total. The van der Waals surface area contributed by atoms with E-state index in [1.54, 1.807) is 0 Å². The maximum Gasteiger partial charge on any atom is 0.0575 e. The summed E-state index contributed by atoms with van der Waals surface area (Å²) in [6.45, 7) is 8.80. The highest BCUT2D eigenvalue weighted by Crippen LogP contribution is 2.25. The third kappa shape index (κ3) is 5.86. The van der Waals surface area contributed by atoms with Crippen LogP contribution in [0.1, 0.15) is 59.3 Å². The number of rotatable bonds is 7. The first kappa shape index (κ1) is 14.0. The van der Waals surface area contributed by atoms with Gasteiger partial charge in [0.1, 0.15) is 0 Å². The fourth-order valence-corrected chi connectivity index (χ4v) is 2.49. The van der Waals surface area contributed by atoms with Crippen LogP contribution in [0, 0.1) is 5.92 Å². The van der Waals surface area contributed by atoms with Crippen molar-refractivity contribution in [2.45, 2.75) is 71.4 Å². The van der Waals surface area contributed by atoms with E-state index in [9.17, 15) is 0 Å². The van der Waals surface area contributed by atoms with Crippen molar-refractivity contribution in [3.63, 3.8) is 0 Å². The first-order valence-electron chi connectivity index (χ1n) is 7.07. The van der Waals surface area contributed by atoms with E-state index < -0.39 is 0 Å². The Bertz CT molecular complexity index is 164. The molecular formula is C14H29NO. The molecule has 0 spiro atoms. The van der Waals surface area contributed by atoms with Crippen molar-refractivity contribution in [3.05, 3.63) is 0 Å². The van der Waals surface area contributed by atoms with Gasteiger partial charge < -0.3 is 10.1 Å². The van der Waals surface area contributed by atoms with Crippen LogP contribution in [-0.2, 0) is 4.74 Å². The van der Waals surface area contributed by atoms with Gasteiger partial charge in [-0.25, -0.2) is 0 Å². The lowest BCUT2D eigenvalue weighted by molar-refractivity contribution is 0.0174. The maximum atomic E-state index is 5.93. The Hall–Kier alpha value is -0.0800. The van der Waals surface area contributed by atoms with Crippen LogP contribution in [0.15, 0.2) is 0 Å². The summed E-state index contributed by atoms with van der Waals surface area (Å²) < 4.78 is 5.93. The molecule has 0 aromatic carbocycles. The average molecular weight is 227 g/mol. The van der Waals surface area contributed by atoms with E-state index in [4.69, 9.17) is 4.74 Å². The quantitative estimate of drug-likeness (QED) is 0.673. The largest absolute Gasteiger partial charge is 0.378 e. The van der Waals surface area contributed by atoms with Gasteiger partial charge >= 0.3 is 0 Å². The monoisotopic (exact) mass is 227 g/mol. The molecule has 0 radical (unpaired) electrons. The summed E-state index contributed by atoms with van der Waals surface area (Å²) in [6.07, 6.45) is 8.27. The topological polar surface area (TPSA) is 21.3 Å². The van der Waals surface area contributed by atoms with Gasteiger partial charge in [-0.15, -0.1) is 0 Å². The van der Waals surface area contributed by atoms with Gasteiger partial charge in [0.2, 0.25) is 0 Å². The molecule has 1 aliphatic carbocycles. The van der Waals surface area contributed by atoms with Gasteiger partial charge in [0.25, 0.3) is 0 Å². The SMILES string of the molecule is CCNC(C)CCCOC1CCC(C)CC1. The summed E-state index contributed by atoms with van der Waals surface area (Å²) >= 11 is 0. The first-order valence-corrected chi connectivity index (χ1v) is 7.07. The molecule has 0 amide bonds. The molecule has 1 aliphatic rings. The molecule has 1 saturated carbocycles. The molecule has 2 heteroatoms. The standard InChI is InChI=1S/C14H29NO/c1-4-15-13(3)6-5-11-16-14-9-7-12(2)8-10-14/h12-15H,4-11H2,1-3H3. The van der Waals surface area contributed by atoms with Crippen molar-refractivity contribution in [1.82, 2.24) is 5.32 Å². The summed E-state index contributed by atoms with van der Waals surface area (Å²) in [5.41, 5.74) is 0. The van der Waals surface area contributed by atoms with Gasteiger partial charge in [0, 0.05) is 12.6 Å². The van der Waals surface area contributed by atoms with E-state index in [-0.39, 0.29) is 0 Å². The molecule has 0 aromatic rings. The Morgan fingerprint density at radius 1 is 1.25 bits per heavy atom. The van der Waals surface area contributed by atoms with Gasteiger partial charge in [-0.2, -0.15) is 0 Å². The van der Waals surface area contributed by atoms with Crippen LogP contribution in [0.4, 0.5) is 0 Å². The van der Waals surface area contributed by atoms with E-state index in [0.29, 0.717) is 12.1 Å². The summed E-state index contributed by atoms with van der Waals surface area (Å²) in [6, 6.07) is 0.639. The van der Waals surface area contributed by atoms with Crippen molar-refractivity contribution in [1.29, 1.82) is 0 Å². The minimum atomic E-state index is 0.561. The van der Waals surface area contributed by atoms with Crippen LogP contribution in [0.2, 0.25) is 0 Å². The third-order valence-electron chi connectivity index (χ3n) is 3.65. The lowest BCUT2D eigenvalue weighted by atomic mass is 9.89. The van der Waals surface area contributed by atoms with E-state index in [1.165, 1.54) is 38.5 Å². The van der Waals surface area contributed by atoms with Crippen LogP contribution in [0.25, 0.3) is 0 Å². The predicted octanol–water partition coefficient (Wildman–Crippen LogP) is 3.36. The third-order valence-corrected chi connectivity index (χ3v) is 3.65. The van der Waals surface area contributed by atoms with Gasteiger partial charge in [0.15, 0.2) is 0 Å². The van der Waals surface area contributed by atoms with Crippen molar-refractivity contribution in [3.8, 4) is 0 Å². The van der Waals surface area contributed by atoms with E-state index in [1.807, 2.05) is 0 Å². The fourth-order valence-electron chi connectivity index (χ4n) is 2.49. The lowest BCUT2D eigenvalue weighted by Gasteiger charge is -2.26. The second kappa shape index (κ2) is 8.08. The van der Waals surface area contributed by atoms with Crippen molar-refractivity contribution in [2.75, 3.05) is 13.2 Å². The van der Waals surface area contributed by atoms with Crippen LogP contribution in [0.3, 0.4) is 0 Å². The highest BCUT2D eigenvalue weighted by atomic mass is 16.5. The van der Waals surface area contributed by atoms with E-state index >= 15 is 0 Å². The zero-order chi connectivity index (χ0) is 11.8. The second-order valence-corrected chi connectivity index (χ2v) is 5.35. The lowest BCUT2D eigenvalue weighted by Crippen LogP contribution is -2.26. The molecule has 0 saturated heterocycles. The smallest absolute Gasteiger partial charge is 0.0575 e. The van der Waals surface area contributed by atoms with Crippen LogP contribution >= 0.6 is 0 Å². The molecule has 0 bridgehead atoms. The molecule has 0 aromatic heterocycles. The van der Waals surface area contributed by atoms with Gasteiger partial charge in [-0.1, -0.05) is 13.8 Å². The Morgan fingerprint density at radius 2 is 1.94 bits per heavy atom. The Kier molecular flexibility index (Phi) is 7.06. The zero-order valence-corrected chi connectivity index (χ0v) is 11.3. The molecule has 96 valence electrons. The summed E-state index contributed by atoms with van der Waals surface area (Å²) in [5, 5.41) is 3.43. The Balaban J connectivity index is 1.95. The summed E-state index contributed by atoms with van der Waals surface area (Å²) in [4.78, 5) is 0. The minimum Gasteiger partial charge on any atom is -0.378 e. The zero-order valence-electron chi connectivity index (χ0n) is 11.3. The van der Waals surface area contributed by atoms with Gasteiger partial charge in [-0.05, 0) is 57.9 Å². The van der Waals surface area contributed by atoms with Gasteiger partial charge in [-0.3, -0.25) is 0 Å². The number of hydrogen-bond donors (Lipinski definition) is 1. The molecule has 16 heavy (non-hydrogen) atoms. The molecule has 1 fully saturated rings. The number of ether oxygens (including phenoxy) is 1. The van der Waals surface area contributed by atoms with Crippen LogP contribution < -0.4 is 5.32 Å². The highest BCUT2D eigenvalue weighted by molar-refractivity contribution is 4.70. The molecule has 1 unspecified atom stereocenters. The summed E-state index contributed by atoms with van der Waals surface area (Å²) in [5.74, 6) is 0.925. The number of hydrogen-bond acceptors (Lipinski definition) is 2. The average Bonchev–Trinajstić information content (AvgIpc) is 2.27. The summed E-state index contributed by atoms with van der Waals surface area (Å²) in [7, 11) is 0. The minimum absolute atomic E-state index is 0.561.